The molecule has 2 aliphatic carbocycles. The second-order valence-corrected chi connectivity index (χ2v) is 11.0. The molecule has 208 valence electrons. The molecule has 0 saturated heterocycles. The Morgan fingerprint density at radius 2 is 1.84 bits per heavy atom. The molecule has 5 nitrogen and oxygen atoms in total. The minimum absolute atomic E-state index is 0.0988. The normalized spacial score (nSPS) is 21.4. The van der Waals surface area contributed by atoms with Crippen LogP contribution in [0.4, 0.5) is 0 Å². The highest BCUT2D eigenvalue weighted by Gasteiger charge is 2.29. The summed E-state index contributed by atoms with van der Waals surface area (Å²) in [5.41, 5.74) is 6.42. The average Bonchev–Trinajstić information content (AvgIpc) is 3.29. The van der Waals surface area contributed by atoms with Gasteiger partial charge in [0.1, 0.15) is 5.82 Å². The molecule has 0 amide bonds. The van der Waals surface area contributed by atoms with Crippen molar-refractivity contribution in [1.82, 2.24) is 14.5 Å². The number of ether oxygens (including phenoxy) is 2. The number of hydrogen-bond donors (Lipinski definition) is 0. The van der Waals surface area contributed by atoms with Crippen LogP contribution in [0.15, 0.2) is 48.1 Å². The fourth-order valence-corrected chi connectivity index (χ4v) is 5.92. The van der Waals surface area contributed by atoms with Crippen molar-refractivity contribution in [2.75, 3.05) is 26.2 Å². The topological polar surface area (TPSA) is 39.5 Å². The molecule has 0 saturated carbocycles. The van der Waals surface area contributed by atoms with Crippen molar-refractivity contribution in [2.45, 2.75) is 98.5 Å². The predicted octanol–water partition coefficient (Wildman–Crippen LogP) is 6.85. The first-order valence-corrected chi connectivity index (χ1v) is 15.0. The van der Waals surface area contributed by atoms with Gasteiger partial charge in [0.15, 0.2) is 0 Å². The second-order valence-electron chi connectivity index (χ2n) is 11.0. The molecule has 0 fully saturated rings. The lowest BCUT2D eigenvalue weighted by atomic mass is 9.89. The standard InChI is InChI=1S/C33H49N3O2/c1-6-9-19-36-31-23-29(37-20-13-18-35(7-2)8-3)16-17-30(31)34-33(36)28-21-25(4)32(26(5)22-28)38-24-27-14-11-10-12-15-27/h10-12,14-15,21-22,25,29,32H,6-9,13,16-20,23-24H2,1-5H3. The Hall–Kier alpha value is -2.21. The smallest absolute Gasteiger partial charge is 0.140 e. The molecule has 1 heterocycles. The SMILES string of the molecule is CCCCn1c(C2=CC(C)C(OCc3ccccc3)C(C)=C2)nc2c1CC(OCCCN(CC)CC)CC2. The van der Waals surface area contributed by atoms with Gasteiger partial charge in [-0.2, -0.15) is 0 Å². The van der Waals surface area contributed by atoms with E-state index in [2.05, 4.69) is 86.6 Å². The van der Waals surface area contributed by atoms with Gasteiger partial charge < -0.3 is 18.9 Å². The van der Waals surface area contributed by atoms with Gasteiger partial charge in [-0.1, -0.05) is 76.6 Å². The van der Waals surface area contributed by atoms with Crippen molar-refractivity contribution in [3.05, 3.63) is 70.8 Å². The van der Waals surface area contributed by atoms with E-state index in [0.717, 1.165) is 64.3 Å². The first-order chi connectivity index (χ1) is 18.5. The summed E-state index contributed by atoms with van der Waals surface area (Å²) in [6, 6.07) is 10.5. The maximum absolute atomic E-state index is 6.39. The van der Waals surface area contributed by atoms with Gasteiger partial charge >= 0.3 is 0 Å². The van der Waals surface area contributed by atoms with E-state index in [0.29, 0.717) is 18.6 Å². The molecule has 2 aliphatic rings. The minimum atomic E-state index is 0.0988. The molecule has 1 aromatic heterocycles. The molecular formula is C33H49N3O2. The number of benzene rings is 1. The highest BCUT2D eigenvalue weighted by atomic mass is 16.5. The largest absolute Gasteiger partial charge is 0.378 e. The summed E-state index contributed by atoms with van der Waals surface area (Å²) in [6.45, 7) is 17.1. The van der Waals surface area contributed by atoms with E-state index >= 15 is 0 Å². The van der Waals surface area contributed by atoms with Gasteiger partial charge in [0, 0.05) is 43.3 Å². The first kappa shape index (κ1) is 28.8. The van der Waals surface area contributed by atoms with Crippen LogP contribution in [-0.4, -0.2) is 52.9 Å². The summed E-state index contributed by atoms with van der Waals surface area (Å²) < 4.78 is 15.3. The molecule has 3 unspecified atom stereocenters. The van der Waals surface area contributed by atoms with E-state index < -0.39 is 0 Å². The summed E-state index contributed by atoms with van der Waals surface area (Å²) in [4.78, 5) is 7.71. The zero-order chi connectivity index (χ0) is 26.9. The quantitative estimate of drug-likeness (QED) is 0.256. The van der Waals surface area contributed by atoms with Crippen molar-refractivity contribution in [2.24, 2.45) is 5.92 Å². The van der Waals surface area contributed by atoms with Crippen LogP contribution >= 0.6 is 0 Å². The van der Waals surface area contributed by atoms with Crippen LogP contribution in [0.5, 0.6) is 0 Å². The Morgan fingerprint density at radius 3 is 2.55 bits per heavy atom. The number of unbranched alkanes of at least 4 members (excludes halogenated alkanes) is 1. The molecule has 0 bridgehead atoms. The lowest BCUT2D eigenvalue weighted by Gasteiger charge is -2.28. The third kappa shape index (κ3) is 7.25. The van der Waals surface area contributed by atoms with E-state index in [4.69, 9.17) is 14.5 Å². The zero-order valence-corrected chi connectivity index (χ0v) is 24.4. The maximum Gasteiger partial charge on any atom is 0.140 e. The summed E-state index contributed by atoms with van der Waals surface area (Å²) in [6.07, 6.45) is 11.6. The lowest BCUT2D eigenvalue weighted by molar-refractivity contribution is 0.0372. The molecule has 0 radical (unpaired) electrons. The number of aryl methyl sites for hydroxylation is 1. The first-order valence-electron chi connectivity index (χ1n) is 15.0. The Kier molecular flexibility index (Phi) is 10.8. The van der Waals surface area contributed by atoms with Crippen molar-refractivity contribution < 1.29 is 9.47 Å². The van der Waals surface area contributed by atoms with Crippen molar-refractivity contribution in [3.63, 3.8) is 0 Å². The number of rotatable bonds is 14. The summed E-state index contributed by atoms with van der Waals surface area (Å²) in [7, 11) is 0. The Labute approximate surface area is 230 Å². The summed E-state index contributed by atoms with van der Waals surface area (Å²) in [5.74, 6) is 1.44. The van der Waals surface area contributed by atoms with Gasteiger partial charge in [0.25, 0.3) is 0 Å². The van der Waals surface area contributed by atoms with Gasteiger partial charge in [-0.25, -0.2) is 4.98 Å². The molecule has 3 atom stereocenters. The van der Waals surface area contributed by atoms with E-state index in [1.54, 1.807) is 0 Å². The number of aromatic nitrogens is 2. The Balaban J connectivity index is 1.45. The highest BCUT2D eigenvalue weighted by Crippen LogP contribution is 2.34. The lowest BCUT2D eigenvalue weighted by Crippen LogP contribution is -2.28. The molecule has 1 aromatic carbocycles. The molecule has 0 spiro atoms. The fourth-order valence-electron chi connectivity index (χ4n) is 5.92. The van der Waals surface area contributed by atoms with E-state index in [1.807, 2.05) is 0 Å². The van der Waals surface area contributed by atoms with Crippen LogP contribution in [0.2, 0.25) is 0 Å². The van der Waals surface area contributed by atoms with Crippen molar-refractivity contribution in [1.29, 1.82) is 0 Å². The number of imidazole rings is 1. The van der Waals surface area contributed by atoms with Crippen LogP contribution in [0, 0.1) is 5.92 Å². The van der Waals surface area contributed by atoms with E-state index in [-0.39, 0.29) is 6.10 Å². The molecule has 2 aromatic rings. The number of allylic oxidation sites excluding steroid dienone is 2. The summed E-state index contributed by atoms with van der Waals surface area (Å²) >= 11 is 0. The molecule has 0 N–H and O–H groups in total. The van der Waals surface area contributed by atoms with Gasteiger partial charge in [-0.3, -0.25) is 0 Å². The number of nitrogens with zero attached hydrogens (tertiary/aromatic N) is 3. The van der Waals surface area contributed by atoms with Crippen LogP contribution < -0.4 is 0 Å². The zero-order valence-electron chi connectivity index (χ0n) is 24.4. The van der Waals surface area contributed by atoms with Gasteiger partial charge in [0.2, 0.25) is 0 Å². The van der Waals surface area contributed by atoms with Gasteiger partial charge in [-0.05, 0) is 56.8 Å². The molecular weight excluding hydrogens is 470 g/mol. The van der Waals surface area contributed by atoms with Crippen LogP contribution in [0.25, 0.3) is 5.57 Å². The Bertz CT molecular complexity index is 1070. The molecule has 0 aliphatic heterocycles. The second kappa shape index (κ2) is 14.3. The third-order valence-electron chi connectivity index (χ3n) is 8.16. The van der Waals surface area contributed by atoms with Crippen LogP contribution in [0.3, 0.4) is 0 Å². The molecule has 5 heteroatoms. The average molecular weight is 520 g/mol. The van der Waals surface area contributed by atoms with Crippen LogP contribution in [-0.2, 0) is 35.5 Å². The predicted molar refractivity (Wildman–Crippen MR) is 157 cm³/mol. The molecule has 38 heavy (non-hydrogen) atoms. The monoisotopic (exact) mass is 519 g/mol. The van der Waals surface area contributed by atoms with E-state index in [9.17, 15) is 0 Å². The van der Waals surface area contributed by atoms with Gasteiger partial charge in [0.05, 0.1) is 24.5 Å². The van der Waals surface area contributed by atoms with E-state index in [1.165, 1.54) is 40.9 Å². The minimum Gasteiger partial charge on any atom is -0.378 e. The highest BCUT2D eigenvalue weighted by molar-refractivity contribution is 5.73. The fraction of sp³-hybridized carbons (Fsp3) is 0.606. The molecule has 4 rings (SSSR count). The van der Waals surface area contributed by atoms with Crippen molar-refractivity contribution >= 4 is 5.57 Å². The number of fused-ring (bicyclic) bond motifs is 1. The van der Waals surface area contributed by atoms with Gasteiger partial charge in [-0.15, -0.1) is 0 Å². The Morgan fingerprint density at radius 1 is 1.05 bits per heavy atom. The summed E-state index contributed by atoms with van der Waals surface area (Å²) in [5, 5.41) is 0. The van der Waals surface area contributed by atoms with Crippen LogP contribution in [0.1, 0.15) is 83.1 Å². The third-order valence-corrected chi connectivity index (χ3v) is 8.16. The number of hydrogen-bond acceptors (Lipinski definition) is 4. The van der Waals surface area contributed by atoms with Crippen molar-refractivity contribution in [3.8, 4) is 0 Å². The maximum atomic E-state index is 6.39.